The minimum Gasteiger partial charge on any atom is -0.651 e. The largest absolute Gasteiger partial charge is 0.651 e. The van der Waals surface area contributed by atoms with Gasteiger partial charge in [-0.2, -0.15) is 9.76 Å². The summed E-state index contributed by atoms with van der Waals surface area (Å²) in [4.78, 5) is 13.0. The van der Waals surface area contributed by atoms with Crippen LogP contribution in [0.1, 0.15) is 24.8 Å². The predicted octanol–water partition coefficient (Wildman–Crippen LogP) is 2.53. The van der Waals surface area contributed by atoms with Crippen molar-refractivity contribution in [1.29, 1.82) is 0 Å². The first kappa shape index (κ1) is 13.0. The molecule has 1 aromatic rings. The quantitative estimate of drug-likeness (QED) is 0.848. The summed E-state index contributed by atoms with van der Waals surface area (Å²) in [5, 5.41) is 3.31. The number of piperidine rings is 1. The highest BCUT2D eigenvalue weighted by atomic mass is 79.9. The van der Waals surface area contributed by atoms with E-state index < -0.39 is 7.79 Å². The molecule has 0 radical (unpaired) electrons. The summed E-state index contributed by atoms with van der Waals surface area (Å²) >= 11 is 3.43. The molecular formula is C13H18BrN2OP. The third kappa shape index (κ3) is 2.50. The number of hydrogen-bond acceptors (Lipinski definition) is 3. The fraction of sp³-hybridized carbons (Fsp3) is 0.538. The molecule has 2 aliphatic rings. The molecule has 3 nitrogen and oxygen atoms in total. The van der Waals surface area contributed by atoms with E-state index in [9.17, 15) is 4.89 Å². The number of rotatable bonds is 2. The van der Waals surface area contributed by atoms with E-state index in [-0.39, 0.29) is 0 Å². The van der Waals surface area contributed by atoms with Gasteiger partial charge in [-0.15, -0.1) is 0 Å². The van der Waals surface area contributed by atoms with Crippen LogP contribution >= 0.6 is 23.7 Å². The lowest BCUT2D eigenvalue weighted by atomic mass is 10.1. The number of benzene rings is 1. The molecule has 0 saturated carbocycles. The van der Waals surface area contributed by atoms with Crippen molar-refractivity contribution in [1.82, 2.24) is 9.76 Å². The zero-order chi connectivity index (χ0) is 12.6. The molecule has 2 aliphatic heterocycles. The van der Waals surface area contributed by atoms with Gasteiger partial charge in [-0.3, -0.25) is 0 Å². The lowest BCUT2D eigenvalue weighted by Gasteiger charge is -2.38. The maximum atomic E-state index is 13.0. The molecule has 5 heteroatoms. The van der Waals surface area contributed by atoms with Crippen LogP contribution < -0.4 is 9.98 Å². The minimum atomic E-state index is -2.37. The lowest BCUT2D eigenvalue weighted by Crippen LogP contribution is -2.38. The first-order valence-corrected chi connectivity index (χ1v) is 9.17. The van der Waals surface area contributed by atoms with Gasteiger partial charge in [-0.1, -0.05) is 34.5 Å². The molecule has 0 amide bonds. The Bertz CT molecular complexity index is 428. The van der Waals surface area contributed by atoms with E-state index in [0.29, 0.717) is 12.2 Å². The van der Waals surface area contributed by atoms with Gasteiger partial charge in [-0.25, -0.2) is 0 Å². The Kier molecular flexibility index (Phi) is 3.75. The summed E-state index contributed by atoms with van der Waals surface area (Å²) in [7, 11) is -2.37. The van der Waals surface area contributed by atoms with Crippen LogP contribution in [0, 0.1) is 0 Å². The lowest BCUT2D eigenvalue weighted by molar-refractivity contribution is -0.184. The van der Waals surface area contributed by atoms with Gasteiger partial charge >= 0.3 is 0 Å². The Morgan fingerprint density at radius 1 is 1.33 bits per heavy atom. The van der Waals surface area contributed by atoms with Crippen molar-refractivity contribution in [3.63, 3.8) is 0 Å². The van der Waals surface area contributed by atoms with E-state index in [2.05, 4.69) is 37.8 Å². The zero-order valence-corrected chi connectivity index (χ0v) is 12.8. The number of nitrogens with zero attached hydrogens (tertiary/aromatic N) is 1. The van der Waals surface area contributed by atoms with Gasteiger partial charge in [0.2, 0.25) is 0 Å². The van der Waals surface area contributed by atoms with E-state index in [1.807, 2.05) is 12.1 Å². The van der Waals surface area contributed by atoms with E-state index in [0.717, 1.165) is 23.1 Å². The Morgan fingerprint density at radius 3 is 2.89 bits per heavy atom. The topological polar surface area (TPSA) is 38.3 Å². The fourth-order valence-corrected chi connectivity index (χ4v) is 6.07. The molecular weight excluding hydrogens is 311 g/mol. The van der Waals surface area contributed by atoms with Crippen LogP contribution in [-0.2, 0) is 6.16 Å². The van der Waals surface area contributed by atoms with Crippen molar-refractivity contribution in [3.05, 3.63) is 34.3 Å². The van der Waals surface area contributed by atoms with Crippen LogP contribution in [0.25, 0.3) is 0 Å². The SMILES string of the molecule is [O-][P+]1(Cc2ccc(Br)cc2)NCC2CCCCN21. The molecule has 0 aliphatic carbocycles. The molecule has 2 unspecified atom stereocenters. The summed E-state index contributed by atoms with van der Waals surface area (Å²) in [5.74, 6) is 0. The van der Waals surface area contributed by atoms with Gasteiger partial charge in [0.15, 0.2) is 0 Å². The van der Waals surface area contributed by atoms with Crippen molar-refractivity contribution < 1.29 is 4.89 Å². The van der Waals surface area contributed by atoms with Crippen molar-refractivity contribution in [3.8, 4) is 0 Å². The molecule has 2 heterocycles. The molecule has 18 heavy (non-hydrogen) atoms. The molecule has 2 fully saturated rings. The average Bonchev–Trinajstić information content (AvgIpc) is 2.71. The average molecular weight is 329 g/mol. The third-order valence-corrected chi connectivity index (χ3v) is 7.25. The fourth-order valence-electron chi connectivity index (χ4n) is 2.94. The first-order chi connectivity index (χ1) is 8.67. The smallest absolute Gasteiger partial charge is 0.111 e. The minimum absolute atomic E-state index is 0.500. The molecule has 1 N–H and O–H groups in total. The highest BCUT2D eigenvalue weighted by molar-refractivity contribution is 9.10. The Balaban J connectivity index is 1.76. The number of nitrogens with one attached hydrogen (secondary N) is 1. The molecule has 2 saturated heterocycles. The summed E-state index contributed by atoms with van der Waals surface area (Å²) in [6.45, 7) is 1.89. The van der Waals surface area contributed by atoms with E-state index in [1.165, 1.54) is 19.3 Å². The van der Waals surface area contributed by atoms with Crippen molar-refractivity contribution in [2.45, 2.75) is 31.5 Å². The van der Waals surface area contributed by atoms with E-state index in [4.69, 9.17) is 0 Å². The molecule has 0 aromatic heterocycles. The summed E-state index contributed by atoms with van der Waals surface area (Å²) in [5.41, 5.74) is 1.15. The monoisotopic (exact) mass is 328 g/mol. The summed E-state index contributed by atoms with van der Waals surface area (Å²) in [6, 6.07) is 8.65. The van der Waals surface area contributed by atoms with E-state index >= 15 is 0 Å². The van der Waals surface area contributed by atoms with Crippen molar-refractivity contribution >= 4 is 23.7 Å². The predicted molar refractivity (Wildman–Crippen MR) is 77.1 cm³/mol. The second-order valence-electron chi connectivity index (χ2n) is 5.16. The Morgan fingerprint density at radius 2 is 2.11 bits per heavy atom. The van der Waals surface area contributed by atoms with Crippen LogP contribution in [0.3, 0.4) is 0 Å². The zero-order valence-electron chi connectivity index (χ0n) is 10.3. The Hall–Kier alpha value is 0.01000. The standard InChI is InChI=1S/C13H18BrN2OP/c14-12-6-4-11(5-7-12)10-18(17)15-9-13-3-1-2-8-16(13)18/h4-7,13H,1-3,8-10H2,(H,15,17). The highest BCUT2D eigenvalue weighted by Gasteiger charge is 2.46. The second kappa shape index (κ2) is 5.18. The first-order valence-electron chi connectivity index (χ1n) is 6.53. The van der Waals surface area contributed by atoms with Gasteiger partial charge in [0.25, 0.3) is 0 Å². The highest BCUT2D eigenvalue weighted by Crippen LogP contribution is 2.58. The van der Waals surface area contributed by atoms with Crippen LogP contribution in [0.15, 0.2) is 28.7 Å². The van der Waals surface area contributed by atoms with Gasteiger partial charge in [0.05, 0.1) is 12.6 Å². The maximum Gasteiger partial charge on any atom is 0.111 e. The molecule has 2 atom stereocenters. The second-order valence-corrected chi connectivity index (χ2v) is 8.63. The van der Waals surface area contributed by atoms with Gasteiger partial charge in [0, 0.05) is 11.0 Å². The molecule has 98 valence electrons. The molecule has 3 rings (SSSR count). The third-order valence-electron chi connectivity index (χ3n) is 3.90. The van der Waals surface area contributed by atoms with Crippen LogP contribution in [0.5, 0.6) is 0 Å². The van der Waals surface area contributed by atoms with Gasteiger partial charge in [0.1, 0.15) is 14.0 Å². The number of hydrogen-bond donors (Lipinski definition) is 1. The molecule has 0 bridgehead atoms. The van der Waals surface area contributed by atoms with Crippen LogP contribution in [0.2, 0.25) is 0 Å². The summed E-state index contributed by atoms with van der Waals surface area (Å²) < 4.78 is 3.32. The van der Waals surface area contributed by atoms with Gasteiger partial charge in [-0.05, 0) is 30.5 Å². The van der Waals surface area contributed by atoms with Crippen molar-refractivity contribution in [2.24, 2.45) is 0 Å². The maximum absolute atomic E-state index is 13.0. The number of fused-ring (bicyclic) bond motifs is 1. The van der Waals surface area contributed by atoms with E-state index in [1.54, 1.807) is 0 Å². The number of halogens is 1. The molecule has 0 spiro atoms. The van der Waals surface area contributed by atoms with Crippen LogP contribution in [-0.4, -0.2) is 23.8 Å². The normalized spacial score (nSPS) is 32.4. The molecule has 1 aromatic carbocycles. The van der Waals surface area contributed by atoms with Gasteiger partial charge < -0.3 is 4.89 Å². The summed E-state index contributed by atoms with van der Waals surface area (Å²) in [6.07, 6.45) is 4.30. The van der Waals surface area contributed by atoms with Crippen LogP contribution in [0.4, 0.5) is 0 Å². The van der Waals surface area contributed by atoms with Crippen molar-refractivity contribution in [2.75, 3.05) is 13.1 Å². The Labute approximate surface area is 117 Å².